The molecule has 0 unspecified atom stereocenters. The maximum Gasteiger partial charge on any atom is 0.402 e. The third-order valence-corrected chi connectivity index (χ3v) is 2.83. The molecule has 0 bridgehead atoms. The molecule has 0 saturated carbocycles. The highest BCUT2D eigenvalue weighted by molar-refractivity contribution is 7.86. The van der Waals surface area contributed by atoms with E-state index >= 15 is 0 Å². The number of hydrogen-bond acceptors (Lipinski definition) is 4. The highest BCUT2D eigenvalue weighted by Gasteiger charge is 2.45. The van der Waals surface area contributed by atoms with Crippen molar-refractivity contribution < 1.29 is 31.3 Å². The molecule has 10 heteroatoms. The normalized spacial score (nSPS) is 12.2. The summed E-state index contributed by atoms with van der Waals surface area (Å²) in [5.74, 6) is -1.25. The monoisotopic (exact) mass is 286 g/mol. The molecule has 0 aliphatic rings. The minimum absolute atomic E-state index is 0.105. The van der Waals surface area contributed by atoms with Crippen LogP contribution in [0.3, 0.4) is 0 Å². The van der Waals surface area contributed by atoms with Crippen molar-refractivity contribution in [3.63, 3.8) is 0 Å². The number of halogens is 2. The van der Waals surface area contributed by atoms with Crippen molar-refractivity contribution in [2.24, 2.45) is 0 Å². The Balaban J connectivity index is 2.82. The Hall–Kier alpha value is -1.41. The Morgan fingerprint density at radius 2 is 1.74 bits per heavy atom. The molecule has 0 fully saturated rings. The lowest BCUT2D eigenvalue weighted by molar-refractivity contribution is -0.00949. The van der Waals surface area contributed by atoms with Crippen molar-refractivity contribution in [3.8, 4) is 0 Å². The van der Waals surface area contributed by atoms with E-state index in [2.05, 4.69) is 4.74 Å². The first-order valence-electron chi connectivity index (χ1n) is 4.71. The van der Waals surface area contributed by atoms with E-state index in [1.54, 1.807) is 0 Å². The van der Waals surface area contributed by atoms with E-state index in [0.717, 1.165) is 12.1 Å². The molecule has 19 heavy (non-hydrogen) atoms. The van der Waals surface area contributed by atoms with Gasteiger partial charge in [0.05, 0.1) is 5.56 Å². The summed E-state index contributed by atoms with van der Waals surface area (Å²) in [6.45, 7) is -1.82. The summed E-state index contributed by atoms with van der Waals surface area (Å²) in [6, 6.07) is 3.55. The zero-order valence-corrected chi connectivity index (χ0v) is 10.2. The van der Waals surface area contributed by atoms with Gasteiger partial charge in [-0.05, 0) is 0 Å². The van der Waals surface area contributed by atoms with E-state index in [4.69, 9.17) is 20.2 Å². The lowest BCUT2D eigenvalue weighted by atomic mass is 9.85. The second kappa shape index (κ2) is 5.30. The van der Waals surface area contributed by atoms with Gasteiger partial charge in [0.15, 0.2) is 6.61 Å². The molecular weight excluding hydrogens is 280 g/mol. The van der Waals surface area contributed by atoms with Crippen LogP contribution in [-0.4, -0.2) is 46.5 Å². The molecule has 0 heterocycles. The molecular formula is C9H6B2F2O5S. The predicted molar refractivity (Wildman–Crippen MR) is 64.0 cm³/mol. The van der Waals surface area contributed by atoms with Crippen LogP contribution in [0.2, 0.25) is 0 Å². The first kappa shape index (κ1) is 15.6. The van der Waals surface area contributed by atoms with Gasteiger partial charge in [0.2, 0.25) is 0 Å². The third-order valence-electron chi connectivity index (χ3n) is 1.96. The van der Waals surface area contributed by atoms with Crippen LogP contribution in [0.5, 0.6) is 0 Å². The molecule has 0 aliphatic heterocycles. The predicted octanol–water partition coefficient (Wildman–Crippen LogP) is -1.09. The first-order chi connectivity index (χ1) is 8.53. The molecule has 1 rings (SSSR count). The Labute approximate surface area is 110 Å². The molecule has 1 aromatic rings. The minimum atomic E-state index is -5.66. The fourth-order valence-corrected chi connectivity index (χ4v) is 1.31. The summed E-state index contributed by atoms with van der Waals surface area (Å²) < 4.78 is 58.5. The molecule has 0 aromatic heterocycles. The van der Waals surface area contributed by atoms with E-state index in [0.29, 0.717) is 0 Å². The lowest BCUT2D eigenvalue weighted by Gasteiger charge is -2.13. The average molecular weight is 286 g/mol. The molecule has 1 aromatic carbocycles. The molecule has 98 valence electrons. The van der Waals surface area contributed by atoms with Crippen molar-refractivity contribution in [2.45, 2.75) is 5.25 Å². The number of carbonyl (C=O) groups is 1. The minimum Gasteiger partial charge on any atom is -0.454 e. The van der Waals surface area contributed by atoms with Gasteiger partial charge in [0.25, 0.3) is 0 Å². The van der Waals surface area contributed by atoms with Crippen molar-refractivity contribution in [2.75, 3.05) is 6.61 Å². The van der Waals surface area contributed by atoms with Crippen LogP contribution in [0.25, 0.3) is 0 Å². The second-order valence-corrected chi connectivity index (χ2v) is 5.12. The third kappa shape index (κ3) is 4.03. The Bertz CT molecular complexity index is 582. The number of hydrogen-bond donors (Lipinski definition) is 1. The van der Waals surface area contributed by atoms with Gasteiger partial charge >= 0.3 is 21.3 Å². The zero-order valence-electron chi connectivity index (χ0n) is 9.34. The van der Waals surface area contributed by atoms with Gasteiger partial charge in [0.1, 0.15) is 15.7 Å². The molecule has 0 spiro atoms. The van der Waals surface area contributed by atoms with Crippen LogP contribution >= 0.6 is 0 Å². The largest absolute Gasteiger partial charge is 0.454 e. The Morgan fingerprint density at radius 3 is 2.16 bits per heavy atom. The Kier molecular flexibility index (Phi) is 4.36. The SMILES string of the molecule is [B]c1cc([B])cc(C(=O)OCC(F)(F)S(=O)(=O)O)c1. The van der Waals surface area contributed by atoms with Gasteiger partial charge < -0.3 is 4.74 Å². The summed E-state index contributed by atoms with van der Waals surface area (Å²) in [7, 11) is 5.10. The van der Waals surface area contributed by atoms with Crippen molar-refractivity contribution in [1.82, 2.24) is 0 Å². The molecule has 4 radical (unpaired) electrons. The summed E-state index contributed by atoms with van der Waals surface area (Å²) in [5, 5.41) is -4.59. The smallest absolute Gasteiger partial charge is 0.402 e. The number of alkyl halides is 2. The molecule has 0 atom stereocenters. The van der Waals surface area contributed by atoms with E-state index in [1.165, 1.54) is 6.07 Å². The molecule has 0 amide bonds. The van der Waals surface area contributed by atoms with Crippen LogP contribution in [0.1, 0.15) is 10.4 Å². The highest BCUT2D eigenvalue weighted by atomic mass is 32.2. The fraction of sp³-hybridized carbons (Fsp3) is 0.222. The molecule has 0 aliphatic carbocycles. The molecule has 5 nitrogen and oxygen atoms in total. The van der Waals surface area contributed by atoms with Crippen LogP contribution in [0.15, 0.2) is 18.2 Å². The number of benzene rings is 1. The van der Waals surface area contributed by atoms with Crippen LogP contribution in [0.4, 0.5) is 8.78 Å². The van der Waals surface area contributed by atoms with E-state index in [1.807, 2.05) is 0 Å². The summed E-state index contributed by atoms with van der Waals surface area (Å²) in [4.78, 5) is 11.4. The molecule has 1 N–H and O–H groups in total. The summed E-state index contributed by atoms with van der Waals surface area (Å²) >= 11 is 0. The number of ether oxygens (including phenoxy) is 1. The van der Waals surface area contributed by atoms with Gasteiger partial charge in [0, 0.05) is 0 Å². The van der Waals surface area contributed by atoms with Crippen LogP contribution in [0, 0.1) is 0 Å². The quantitative estimate of drug-likeness (QED) is 0.432. The van der Waals surface area contributed by atoms with Gasteiger partial charge in [-0.3, -0.25) is 4.55 Å². The van der Waals surface area contributed by atoms with Gasteiger partial charge in [-0.2, -0.15) is 17.2 Å². The summed E-state index contributed by atoms with van der Waals surface area (Å²) in [6.07, 6.45) is 0. The Morgan fingerprint density at radius 1 is 1.26 bits per heavy atom. The lowest BCUT2D eigenvalue weighted by Crippen LogP contribution is -2.34. The van der Waals surface area contributed by atoms with Crippen LogP contribution < -0.4 is 10.9 Å². The topological polar surface area (TPSA) is 80.7 Å². The standard InChI is InChI=1S/C9H6B2F2O5S/c10-6-1-5(2-7(11)3-6)8(14)18-4-9(12,13)19(15,16)17/h1-3H,4H2,(H,15,16,17). The van der Waals surface area contributed by atoms with Gasteiger partial charge in [-0.15, -0.1) is 0 Å². The number of esters is 1. The second-order valence-electron chi connectivity index (χ2n) is 3.58. The van der Waals surface area contributed by atoms with Crippen molar-refractivity contribution in [1.29, 1.82) is 0 Å². The molecule has 0 saturated heterocycles. The highest BCUT2D eigenvalue weighted by Crippen LogP contribution is 2.21. The maximum atomic E-state index is 12.8. The average Bonchev–Trinajstić information content (AvgIpc) is 2.23. The first-order valence-corrected chi connectivity index (χ1v) is 6.15. The van der Waals surface area contributed by atoms with Crippen LogP contribution in [-0.2, 0) is 14.9 Å². The van der Waals surface area contributed by atoms with E-state index in [9.17, 15) is 22.0 Å². The van der Waals surface area contributed by atoms with Crippen molar-refractivity contribution in [3.05, 3.63) is 23.8 Å². The van der Waals surface area contributed by atoms with Gasteiger partial charge in [-0.25, -0.2) is 4.79 Å². The maximum absolute atomic E-state index is 12.8. The fourth-order valence-electron chi connectivity index (χ4n) is 1.10. The van der Waals surface area contributed by atoms with Gasteiger partial charge in [-0.1, -0.05) is 29.1 Å². The zero-order chi connectivity index (χ0) is 14.8. The van der Waals surface area contributed by atoms with Crippen molar-refractivity contribution >= 4 is 42.7 Å². The number of rotatable bonds is 4. The van der Waals surface area contributed by atoms with E-state index in [-0.39, 0.29) is 16.5 Å². The van der Waals surface area contributed by atoms with E-state index < -0.39 is 27.9 Å². The summed E-state index contributed by atoms with van der Waals surface area (Å²) in [5.41, 5.74) is -0.00869. The number of carbonyl (C=O) groups excluding carboxylic acids is 1.